The molecule has 4 heteroatoms. The van der Waals surface area contributed by atoms with Crippen molar-refractivity contribution in [1.82, 2.24) is 0 Å². The molecular formula is C21H19ClN2O. The van der Waals surface area contributed by atoms with Crippen molar-refractivity contribution in [3.63, 3.8) is 0 Å². The summed E-state index contributed by atoms with van der Waals surface area (Å²) in [5.74, 6) is 0.834. The summed E-state index contributed by atoms with van der Waals surface area (Å²) in [5.41, 5.74) is 7.19. The normalized spacial score (nSPS) is 10.8. The zero-order valence-corrected chi connectivity index (χ0v) is 14.7. The molecule has 0 fully saturated rings. The Morgan fingerprint density at radius 3 is 2.48 bits per heavy atom. The van der Waals surface area contributed by atoms with Crippen LogP contribution < -0.4 is 10.2 Å². The fourth-order valence-electron chi connectivity index (χ4n) is 2.24. The van der Waals surface area contributed by atoms with Crippen molar-refractivity contribution < 1.29 is 4.74 Å². The summed E-state index contributed by atoms with van der Waals surface area (Å²) in [6, 6.07) is 23.6. The molecule has 0 aliphatic carbocycles. The molecule has 0 radical (unpaired) electrons. The van der Waals surface area contributed by atoms with Crippen LogP contribution in [0.4, 0.5) is 5.69 Å². The Morgan fingerprint density at radius 2 is 1.76 bits per heavy atom. The highest BCUT2D eigenvalue weighted by molar-refractivity contribution is 6.30. The Bertz CT molecular complexity index is 843. The number of hydrogen-bond acceptors (Lipinski definition) is 3. The first kappa shape index (κ1) is 17.1. The fourth-order valence-corrected chi connectivity index (χ4v) is 2.43. The van der Waals surface area contributed by atoms with Gasteiger partial charge in [-0.25, -0.2) is 0 Å². The smallest absolute Gasteiger partial charge is 0.119 e. The van der Waals surface area contributed by atoms with E-state index in [9.17, 15) is 0 Å². The van der Waals surface area contributed by atoms with Gasteiger partial charge in [0.25, 0.3) is 0 Å². The molecule has 0 saturated heterocycles. The number of anilines is 1. The number of ether oxygens (including phenoxy) is 1. The molecule has 3 aromatic rings. The third kappa shape index (κ3) is 5.37. The number of halogens is 1. The molecule has 3 nitrogen and oxygen atoms in total. The van der Waals surface area contributed by atoms with E-state index in [-0.39, 0.29) is 0 Å². The molecule has 0 amide bonds. The molecule has 3 rings (SSSR count). The number of benzene rings is 3. The zero-order valence-electron chi connectivity index (χ0n) is 13.9. The highest BCUT2D eigenvalue weighted by Gasteiger charge is 1.97. The van der Waals surface area contributed by atoms with E-state index in [4.69, 9.17) is 16.3 Å². The second-order valence-electron chi connectivity index (χ2n) is 5.72. The monoisotopic (exact) mass is 350 g/mol. The predicted molar refractivity (Wildman–Crippen MR) is 105 cm³/mol. The van der Waals surface area contributed by atoms with E-state index in [0.717, 1.165) is 22.6 Å². The van der Waals surface area contributed by atoms with E-state index >= 15 is 0 Å². The Labute approximate surface area is 152 Å². The van der Waals surface area contributed by atoms with Crippen LogP contribution in [0.25, 0.3) is 0 Å². The highest BCUT2D eigenvalue weighted by Crippen LogP contribution is 2.16. The van der Waals surface area contributed by atoms with Gasteiger partial charge in [-0.05, 0) is 60.5 Å². The summed E-state index contributed by atoms with van der Waals surface area (Å²) in [7, 11) is 0. The Kier molecular flexibility index (Phi) is 5.70. The first-order valence-corrected chi connectivity index (χ1v) is 8.40. The molecule has 0 heterocycles. The molecule has 1 N–H and O–H groups in total. The second kappa shape index (κ2) is 8.36. The Morgan fingerprint density at radius 1 is 1.00 bits per heavy atom. The van der Waals surface area contributed by atoms with Crippen LogP contribution in [-0.2, 0) is 6.61 Å². The summed E-state index contributed by atoms with van der Waals surface area (Å²) in [4.78, 5) is 0. The minimum absolute atomic E-state index is 0.560. The van der Waals surface area contributed by atoms with E-state index in [2.05, 4.69) is 41.7 Å². The number of nitrogens with one attached hydrogen (secondary N) is 1. The van der Waals surface area contributed by atoms with Crippen molar-refractivity contribution in [2.24, 2.45) is 5.10 Å². The zero-order chi connectivity index (χ0) is 17.5. The van der Waals surface area contributed by atoms with Crippen molar-refractivity contribution >= 4 is 23.5 Å². The molecule has 0 aliphatic rings. The predicted octanol–water partition coefficient (Wildman–Crippen LogP) is 5.67. The maximum absolute atomic E-state index is 5.93. The van der Waals surface area contributed by atoms with Gasteiger partial charge in [0.15, 0.2) is 0 Å². The second-order valence-corrected chi connectivity index (χ2v) is 6.16. The molecule has 0 aromatic heterocycles. The van der Waals surface area contributed by atoms with E-state index in [1.54, 1.807) is 6.21 Å². The number of hydrazone groups is 1. The largest absolute Gasteiger partial charge is 0.489 e. The first-order chi connectivity index (χ1) is 12.2. The van der Waals surface area contributed by atoms with Gasteiger partial charge in [-0.1, -0.05) is 47.5 Å². The van der Waals surface area contributed by atoms with E-state index in [1.165, 1.54) is 5.56 Å². The minimum atomic E-state index is 0.560. The highest BCUT2D eigenvalue weighted by atomic mass is 35.5. The third-order valence-electron chi connectivity index (χ3n) is 3.64. The van der Waals surface area contributed by atoms with E-state index in [1.807, 2.05) is 48.5 Å². The van der Waals surface area contributed by atoms with Gasteiger partial charge in [0, 0.05) is 5.02 Å². The number of rotatable bonds is 6. The van der Waals surface area contributed by atoms with Crippen LogP contribution in [0.3, 0.4) is 0 Å². The molecule has 0 atom stereocenters. The van der Waals surface area contributed by atoms with Crippen LogP contribution in [0.15, 0.2) is 77.9 Å². The molecule has 25 heavy (non-hydrogen) atoms. The minimum Gasteiger partial charge on any atom is -0.489 e. The van der Waals surface area contributed by atoms with Crippen LogP contribution in [0.2, 0.25) is 5.02 Å². The molecule has 126 valence electrons. The maximum atomic E-state index is 5.93. The summed E-state index contributed by atoms with van der Waals surface area (Å²) in [5, 5.41) is 4.89. The van der Waals surface area contributed by atoms with Crippen LogP contribution in [0.1, 0.15) is 16.7 Å². The summed E-state index contributed by atoms with van der Waals surface area (Å²) >= 11 is 5.93. The van der Waals surface area contributed by atoms with Crippen molar-refractivity contribution in [2.75, 3.05) is 5.43 Å². The van der Waals surface area contributed by atoms with E-state index in [0.29, 0.717) is 11.6 Å². The van der Waals surface area contributed by atoms with Crippen LogP contribution in [0, 0.1) is 6.92 Å². The average Bonchev–Trinajstić information content (AvgIpc) is 2.62. The van der Waals surface area contributed by atoms with Gasteiger partial charge < -0.3 is 4.74 Å². The average molecular weight is 351 g/mol. The topological polar surface area (TPSA) is 33.6 Å². The fraction of sp³-hybridized carbons (Fsp3) is 0.0952. The molecular weight excluding hydrogens is 332 g/mol. The summed E-state index contributed by atoms with van der Waals surface area (Å²) in [6.07, 6.45) is 1.75. The molecule has 0 aliphatic heterocycles. The third-order valence-corrected chi connectivity index (χ3v) is 3.87. The van der Waals surface area contributed by atoms with Gasteiger partial charge >= 0.3 is 0 Å². The van der Waals surface area contributed by atoms with Gasteiger partial charge in [-0.3, -0.25) is 5.43 Å². The number of nitrogens with zero attached hydrogens (tertiary/aromatic N) is 1. The van der Waals surface area contributed by atoms with Gasteiger partial charge in [0.1, 0.15) is 12.4 Å². The summed E-state index contributed by atoms with van der Waals surface area (Å²) < 4.78 is 5.80. The van der Waals surface area contributed by atoms with Gasteiger partial charge in [-0.2, -0.15) is 5.10 Å². The van der Waals surface area contributed by atoms with Crippen molar-refractivity contribution in [3.8, 4) is 5.75 Å². The summed E-state index contributed by atoms with van der Waals surface area (Å²) in [6.45, 7) is 2.64. The van der Waals surface area contributed by atoms with Crippen LogP contribution >= 0.6 is 11.6 Å². The molecule has 0 spiro atoms. The maximum Gasteiger partial charge on any atom is 0.119 e. The quantitative estimate of drug-likeness (QED) is 0.458. The Balaban J connectivity index is 1.53. The Hall–Kier alpha value is -2.78. The number of aryl methyl sites for hydroxylation is 1. The van der Waals surface area contributed by atoms with E-state index < -0.39 is 0 Å². The SMILES string of the molecule is Cc1ccc(COc2ccc(C=NNc3cccc(Cl)c3)cc2)cc1. The molecule has 0 bridgehead atoms. The van der Waals surface area contributed by atoms with Crippen molar-refractivity contribution in [2.45, 2.75) is 13.5 Å². The molecule has 3 aromatic carbocycles. The lowest BCUT2D eigenvalue weighted by Crippen LogP contribution is -1.95. The number of hydrogen-bond donors (Lipinski definition) is 1. The van der Waals surface area contributed by atoms with Crippen LogP contribution in [0.5, 0.6) is 5.75 Å². The van der Waals surface area contributed by atoms with Crippen LogP contribution in [-0.4, -0.2) is 6.21 Å². The van der Waals surface area contributed by atoms with Gasteiger partial charge in [0.2, 0.25) is 0 Å². The molecule has 0 saturated carbocycles. The lowest BCUT2D eigenvalue weighted by Gasteiger charge is -2.07. The van der Waals surface area contributed by atoms with Gasteiger partial charge in [0.05, 0.1) is 11.9 Å². The first-order valence-electron chi connectivity index (χ1n) is 8.02. The van der Waals surface area contributed by atoms with Gasteiger partial charge in [-0.15, -0.1) is 0 Å². The van der Waals surface area contributed by atoms with Crippen molar-refractivity contribution in [1.29, 1.82) is 0 Å². The lowest BCUT2D eigenvalue weighted by molar-refractivity contribution is 0.306. The van der Waals surface area contributed by atoms with Crippen molar-refractivity contribution in [3.05, 3.63) is 94.5 Å². The standard InChI is InChI=1S/C21H19ClN2O/c1-16-5-7-18(8-6-16)15-25-21-11-9-17(10-12-21)14-23-24-20-4-2-3-19(22)13-20/h2-14,24H,15H2,1H3. The lowest BCUT2D eigenvalue weighted by atomic mass is 10.2. The molecule has 0 unspecified atom stereocenters.